The van der Waals surface area contributed by atoms with Crippen LogP contribution < -0.4 is 14.8 Å². The van der Waals surface area contributed by atoms with Gasteiger partial charge in [-0.15, -0.1) is 0 Å². The van der Waals surface area contributed by atoms with Crippen molar-refractivity contribution in [3.63, 3.8) is 0 Å². The lowest BCUT2D eigenvalue weighted by atomic mass is 10.2. The highest BCUT2D eigenvalue weighted by Crippen LogP contribution is 2.47. The average Bonchev–Trinajstić information content (AvgIpc) is 3.48. The number of nitrogens with one attached hydrogen (secondary N) is 1. The monoisotopic (exact) mass is 428 g/mol. The minimum Gasteiger partial charge on any atom is -0.448 e. The zero-order chi connectivity index (χ0) is 20.8. The molecule has 1 unspecified atom stereocenters. The molecule has 7 nitrogen and oxygen atoms in total. The summed E-state index contributed by atoms with van der Waals surface area (Å²) in [6.45, 7) is 0.332. The first-order chi connectivity index (χ1) is 14.5. The summed E-state index contributed by atoms with van der Waals surface area (Å²) in [6.07, 6.45) is 5.00. The van der Waals surface area contributed by atoms with Crippen LogP contribution in [0.15, 0.2) is 53.4 Å². The Morgan fingerprint density at radius 3 is 2.50 bits per heavy atom. The van der Waals surface area contributed by atoms with Crippen LogP contribution in [-0.2, 0) is 14.8 Å². The third-order valence-corrected chi connectivity index (χ3v) is 7.95. The lowest BCUT2D eigenvalue weighted by Gasteiger charge is -2.23. The van der Waals surface area contributed by atoms with E-state index in [9.17, 15) is 13.2 Å². The summed E-state index contributed by atoms with van der Waals surface area (Å²) in [6, 6.07) is 12.8. The van der Waals surface area contributed by atoms with E-state index in [4.69, 9.17) is 9.47 Å². The summed E-state index contributed by atoms with van der Waals surface area (Å²) in [4.78, 5) is 13.2. The van der Waals surface area contributed by atoms with E-state index in [1.165, 1.54) is 4.31 Å². The zero-order valence-electron chi connectivity index (χ0n) is 16.5. The topological polar surface area (TPSA) is 84.9 Å². The number of benzene rings is 2. The molecule has 5 rings (SSSR count). The molecular weight excluding hydrogens is 404 g/mol. The molecule has 8 heteroatoms. The van der Waals surface area contributed by atoms with Crippen molar-refractivity contribution in [2.24, 2.45) is 0 Å². The van der Waals surface area contributed by atoms with E-state index in [0.29, 0.717) is 36.6 Å². The molecular formula is C22H24N2O5S. The van der Waals surface area contributed by atoms with Crippen molar-refractivity contribution < 1.29 is 22.7 Å². The van der Waals surface area contributed by atoms with Gasteiger partial charge in [0.1, 0.15) is 6.04 Å². The number of carbonyl (C=O) groups excluding carboxylic acids is 1. The maximum absolute atomic E-state index is 13.0. The van der Waals surface area contributed by atoms with Crippen molar-refractivity contribution in [1.29, 1.82) is 0 Å². The molecule has 1 saturated heterocycles. The molecule has 0 bridgehead atoms. The molecule has 2 heterocycles. The van der Waals surface area contributed by atoms with E-state index in [1.54, 1.807) is 48.5 Å². The maximum Gasteiger partial charge on any atom is 0.251 e. The minimum atomic E-state index is -3.72. The third kappa shape index (κ3) is 3.33. The number of ether oxygens (including phenoxy) is 2. The fourth-order valence-corrected chi connectivity index (χ4v) is 6.21. The van der Waals surface area contributed by atoms with Crippen molar-refractivity contribution in [2.45, 2.75) is 55.2 Å². The predicted molar refractivity (Wildman–Crippen MR) is 111 cm³/mol. The minimum absolute atomic E-state index is 0.203. The molecule has 1 aliphatic carbocycles. The van der Waals surface area contributed by atoms with Crippen molar-refractivity contribution in [3.05, 3.63) is 48.5 Å². The molecule has 2 aliphatic heterocycles. The van der Waals surface area contributed by atoms with Crippen LogP contribution in [0.1, 0.15) is 38.5 Å². The second-order valence-corrected chi connectivity index (χ2v) is 9.95. The summed E-state index contributed by atoms with van der Waals surface area (Å²) in [7, 11) is -3.72. The van der Waals surface area contributed by atoms with Gasteiger partial charge in [0.25, 0.3) is 5.79 Å². The number of sulfonamides is 1. The number of rotatable bonds is 4. The zero-order valence-corrected chi connectivity index (χ0v) is 17.4. The van der Waals surface area contributed by atoms with Crippen molar-refractivity contribution >= 4 is 21.6 Å². The fourth-order valence-electron chi connectivity index (χ4n) is 4.53. The summed E-state index contributed by atoms with van der Waals surface area (Å²) >= 11 is 0. The first-order valence-corrected chi connectivity index (χ1v) is 11.8. The molecule has 1 atom stereocenters. The lowest BCUT2D eigenvalue weighted by molar-refractivity contribution is -0.119. The number of nitrogens with zero attached hydrogens (tertiary/aromatic N) is 1. The number of hydrogen-bond acceptors (Lipinski definition) is 5. The van der Waals surface area contributed by atoms with E-state index < -0.39 is 21.9 Å². The molecule has 30 heavy (non-hydrogen) atoms. The van der Waals surface area contributed by atoms with Gasteiger partial charge >= 0.3 is 0 Å². The molecule has 0 radical (unpaired) electrons. The largest absolute Gasteiger partial charge is 0.448 e. The van der Waals surface area contributed by atoms with Crippen molar-refractivity contribution in [3.8, 4) is 11.5 Å². The molecule has 0 aromatic heterocycles. The molecule has 2 aromatic carbocycles. The summed E-state index contributed by atoms with van der Waals surface area (Å²) in [5.41, 5.74) is 0.571. The maximum atomic E-state index is 13.0. The van der Waals surface area contributed by atoms with Gasteiger partial charge in [0.15, 0.2) is 11.5 Å². The Hall–Kier alpha value is -2.58. The van der Waals surface area contributed by atoms with Gasteiger partial charge in [0, 0.05) is 31.1 Å². The summed E-state index contributed by atoms with van der Waals surface area (Å²) < 4.78 is 39.4. The number of anilines is 1. The van der Waals surface area contributed by atoms with Crippen LogP contribution in [0.4, 0.5) is 5.69 Å². The van der Waals surface area contributed by atoms with Crippen LogP contribution >= 0.6 is 0 Å². The van der Waals surface area contributed by atoms with Gasteiger partial charge in [0.05, 0.1) is 4.90 Å². The normalized spacial score (nSPS) is 22.5. The SMILES string of the molecule is O=C(Nc1ccc2c(c1)OC1(CCCC1)O2)C1CCCN1S(=O)(=O)c1ccccc1. The number of amides is 1. The predicted octanol–water partition coefficient (Wildman–Crippen LogP) is 3.52. The number of fused-ring (bicyclic) bond motifs is 1. The molecule has 2 fully saturated rings. The van der Waals surface area contributed by atoms with E-state index in [1.807, 2.05) is 0 Å². The van der Waals surface area contributed by atoms with Crippen molar-refractivity contribution in [2.75, 3.05) is 11.9 Å². The average molecular weight is 429 g/mol. The quantitative estimate of drug-likeness (QED) is 0.805. The molecule has 2 aromatic rings. The molecule has 1 spiro atoms. The van der Waals surface area contributed by atoms with Gasteiger partial charge in [-0.05, 0) is 49.9 Å². The Morgan fingerprint density at radius 1 is 1.00 bits per heavy atom. The van der Waals surface area contributed by atoms with E-state index in [0.717, 1.165) is 25.7 Å². The Kier molecular flexibility index (Phi) is 4.71. The number of carbonyl (C=O) groups is 1. The number of hydrogen-bond donors (Lipinski definition) is 1. The van der Waals surface area contributed by atoms with Gasteiger partial charge in [-0.1, -0.05) is 18.2 Å². The summed E-state index contributed by atoms with van der Waals surface area (Å²) in [5, 5.41) is 2.87. The molecule has 1 N–H and O–H groups in total. The summed E-state index contributed by atoms with van der Waals surface area (Å²) in [5.74, 6) is 0.414. The standard InChI is InChI=1S/C22H24N2O5S/c25-21(18-9-6-14-24(18)30(26,27)17-7-2-1-3-8-17)23-16-10-11-19-20(15-16)29-22(28-19)12-4-5-13-22/h1-3,7-8,10-11,15,18H,4-6,9,12-14H2,(H,23,25). The van der Waals surface area contributed by atoms with Crippen LogP contribution in [0.25, 0.3) is 0 Å². The Morgan fingerprint density at radius 2 is 1.73 bits per heavy atom. The Bertz CT molecular complexity index is 1060. The highest BCUT2D eigenvalue weighted by molar-refractivity contribution is 7.89. The van der Waals surface area contributed by atoms with E-state index in [2.05, 4.69) is 5.32 Å². The second-order valence-electron chi connectivity index (χ2n) is 8.06. The van der Waals surface area contributed by atoms with Gasteiger partial charge in [-0.2, -0.15) is 4.31 Å². The Balaban J connectivity index is 1.32. The Labute approximate surface area is 176 Å². The molecule has 1 amide bonds. The van der Waals surface area contributed by atoms with Crippen LogP contribution in [0, 0.1) is 0 Å². The molecule has 158 valence electrons. The van der Waals surface area contributed by atoms with E-state index in [-0.39, 0.29) is 10.8 Å². The van der Waals surface area contributed by atoms with Crippen LogP contribution in [-0.4, -0.2) is 37.0 Å². The lowest BCUT2D eigenvalue weighted by Crippen LogP contribution is -2.43. The van der Waals surface area contributed by atoms with Crippen LogP contribution in [0.5, 0.6) is 11.5 Å². The highest BCUT2D eigenvalue weighted by Gasteiger charge is 2.44. The van der Waals surface area contributed by atoms with Gasteiger partial charge < -0.3 is 14.8 Å². The van der Waals surface area contributed by atoms with Gasteiger partial charge in [0.2, 0.25) is 15.9 Å². The second kappa shape index (κ2) is 7.28. The fraction of sp³-hybridized carbons (Fsp3) is 0.409. The molecule has 1 saturated carbocycles. The first-order valence-electron chi connectivity index (χ1n) is 10.4. The van der Waals surface area contributed by atoms with Crippen LogP contribution in [0.2, 0.25) is 0 Å². The third-order valence-electron chi connectivity index (χ3n) is 6.02. The van der Waals surface area contributed by atoms with Gasteiger partial charge in [-0.25, -0.2) is 8.42 Å². The molecule has 3 aliphatic rings. The van der Waals surface area contributed by atoms with Gasteiger partial charge in [-0.3, -0.25) is 4.79 Å². The van der Waals surface area contributed by atoms with Crippen molar-refractivity contribution in [1.82, 2.24) is 4.31 Å². The first kappa shape index (κ1) is 19.4. The van der Waals surface area contributed by atoms with E-state index >= 15 is 0 Å². The van der Waals surface area contributed by atoms with Crippen LogP contribution in [0.3, 0.4) is 0 Å². The smallest absolute Gasteiger partial charge is 0.251 e. The highest BCUT2D eigenvalue weighted by atomic mass is 32.2.